The van der Waals surface area contributed by atoms with Gasteiger partial charge in [-0.15, -0.1) is 0 Å². The minimum atomic E-state index is -0.688. The molecule has 1 fully saturated rings. The van der Waals surface area contributed by atoms with Crippen molar-refractivity contribution in [2.45, 2.75) is 58.1 Å². The van der Waals surface area contributed by atoms with Gasteiger partial charge >= 0.3 is 0 Å². The largest absolute Gasteiger partial charge is 0.365 e. The van der Waals surface area contributed by atoms with Crippen LogP contribution in [-0.2, 0) is 28.9 Å². The van der Waals surface area contributed by atoms with Crippen LogP contribution in [0.5, 0.6) is 0 Å². The lowest BCUT2D eigenvalue weighted by Gasteiger charge is -2.32. The first kappa shape index (κ1) is 20.5. The van der Waals surface area contributed by atoms with Gasteiger partial charge in [0.25, 0.3) is 11.8 Å². The third-order valence-corrected chi connectivity index (χ3v) is 5.95. The highest BCUT2D eigenvalue weighted by Gasteiger charge is 2.32. The molecule has 30 heavy (non-hydrogen) atoms. The summed E-state index contributed by atoms with van der Waals surface area (Å²) in [6.45, 7) is 3.32. The number of ether oxygens (including phenoxy) is 1. The molecule has 0 bridgehead atoms. The zero-order valence-electron chi connectivity index (χ0n) is 17.4. The highest BCUT2D eigenvalue weighted by atomic mass is 16.5. The fourth-order valence-electron chi connectivity index (χ4n) is 4.14. The van der Waals surface area contributed by atoms with Crippen molar-refractivity contribution >= 4 is 11.8 Å². The lowest BCUT2D eigenvalue weighted by atomic mass is 9.96. The van der Waals surface area contributed by atoms with Gasteiger partial charge in [0.15, 0.2) is 11.8 Å². The number of hydrogen-bond acceptors (Lipinski definition) is 5. The number of aromatic amines is 1. The zero-order valence-corrected chi connectivity index (χ0v) is 17.4. The van der Waals surface area contributed by atoms with E-state index in [-0.39, 0.29) is 18.4 Å². The Balaban J connectivity index is 1.39. The maximum absolute atomic E-state index is 13.2. The van der Waals surface area contributed by atoms with Crippen molar-refractivity contribution in [3.63, 3.8) is 0 Å². The lowest BCUT2D eigenvalue weighted by Crippen LogP contribution is -2.51. The van der Waals surface area contributed by atoms with Crippen molar-refractivity contribution in [1.29, 1.82) is 0 Å². The Labute approximate surface area is 176 Å². The van der Waals surface area contributed by atoms with Gasteiger partial charge in [-0.05, 0) is 44.2 Å². The number of carbonyl (C=O) groups excluding carboxylic acids is 2. The summed E-state index contributed by atoms with van der Waals surface area (Å²) in [7, 11) is 0. The molecule has 2 aliphatic rings. The van der Waals surface area contributed by atoms with E-state index in [2.05, 4.69) is 20.5 Å². The molecule has 1 atom stereocenters. The standard InChI is InChI=1S/C22H29N5O3/c1-15-7-6-10-23-18(15)13-24-21(28)19-14-27(11-12-30-19)22(29)20-16-8-4-2-3-5-9-17(16)25-26-20/h6-7,10,19H,2-5,8-9,11-14H2,1H3,(H,24,28)(H,25,26). The number of carbonyl (C=O) groups is 2. The van der Waals surface area contributed by atoms with E-state index in [1.807, 2.05) is 19.1 Å². The first-order chi connectivity index (χ1) is 14.6. The van der Waals surface area contributed by atoms with Crippen LogP contribution in [-0.4, -0.2) is 57.7 Å². The van der Waals surface area contributed by atoms with Gasteiger partial charge in [0, 0.05) is 24.0 Å². The van der Waals surface area contributed by atoms with E-state index in [9.17, 15) is 9.59 Å². The summed E-state index contributed by atoms with van der Waals surface area (Å²) >= 11 is 0. The van der Waals surface area contributed by atoms with E-state index in [4.69, 9.17) is 4.74 Å². The Morgan fingerprint density at radius 3 is 2.93 bits per heavy atom. The number of fused-ring (bicyclic) bond motifs is 1. The van der Waals surface area contributed by atoms with Crippen LogP contribution in [0.2, 0.25) is 0 Å². The van der Waals surface area contributed by atoms with Crippen LogP contribution in [0.15, 0.2) is 18.3 Å². The SMILES string of the molecule is Cc1cccnc1CNC(=O)C1CN(C(=O)c2n[nH]c3c2CCCCCC3)CCO1. The van der Waals surface area contributed by atoms with E-state index in [0.29, 0.717) is 25.4 Å². The molecule has 1 unspecified atom stereocenters. The second-order valence-corrected chi connectivity index (χ2v) is 8.04. The van der Waals surface area contributed by atoms with Crippen molar-refractivity contribution in [2.24, 2.45) is 0 Å². The predicted molar refractivity (Wildman–Crippen MR) is 111 cm³/mol. The average Bonchev–Trinajstić information content (AvgIpc) is 3.13. The minimum Gasteiger partial charge on any atom is -0.365 e. The topological polar surface area (TPSA) is 100 Å². The molecule has 8 nitrogen and oxygen atoms in total. The summed E-state index contributed by atoms with van der Waals surface area (Å²) in [5, 5.41) is 10.3. The van der Waals surface area contributed by atoms with Crippen molar-refractivity contribution in [2.75, 3.05) is 19.7 Å². The summed E-state index contributed by atoms with van der Waals surface area (Å²) in [4.78, 5) is 31.8. The van der Waals surface area contributed by atoms with Gasteiger partial charge in [0.05, 0.1) is 25.4 Å². The number of amides is 2. The molecular weight excluding hydrogens is 382 g/mol. The molecule has 0 saturated carbocycles. The van der Waals surface area contributed by atoms with Crippen LogP contribution in [0.1, 0.15) is 58.7 Å². The number of aromatic nitrogens is 3. The number of nitrogens with one attached hydrogen (secondary N) is 2. The molecule has 8 heteroatoms. The molecule has 4 rings (SSSR count). The molecule has 0 spiro atoms. The smallest absolute Gasteiger partial charge is 0.274 e. The molecule has 2 N–H and O–H groups in total. The van der Waals surface area contributed by atoms with Gasteiger partial charge < -0.3 is 15.0 Å². The Bertz CT molecular complexity index is 910. The van der Waals surface area contributed by atoms with E-state index in [0.717, 1.165) is 48.2 Å². The van der Waals surface area contributed by atoms with E-state index in [1.54, 1.807) is 11.1 Å². The second-order valence-electron chi connectivity index (χ2n) is 8.04. The number of nitrogens with zero attached hydrogens (tertiary/aromatic N) is 3. The van der Waals surface area contributed by atoms with Gasteiger partial charge in [0.2, 0.25) is 0 Å². The van der Waals surface area contributed by atoms with E-state index < -0.39 is 6.10 Å². The third-order valence-electron chi connectivity index (χ3n) is 5.95. The summed E-state index contributed by atoms with van der Waals surface area (Å²) in [6.07, 6.45) is 7.45. The van der Waals surface area contributed by atoms with Crippen LogP contribution in [0.3, 0.4) is 0 Å². The molecule has 2 aromatic heterocycles. The Morgan fingerprint density at radius 2 is 2.10 bits per heavy atom. The molecule has 1 aliphatic carbocycles. The molecule has 0 radical (unpaired) electrons. The minimum absolute atomic E-state index is 0.116. The molecule has 3 heterocycles. The van der Waals surface area contributed by atoms with Crippen LogP contribution in [0, 0.1) is 6.92 Å². The highest BCUT2D eigenvalue weighted by Crippen LogP contribution is 2.23. The highest BCUT2D eigenvalue weighted by molar-refractivity contribution is 5.94. The molecule has 0 aromatic carbocycles. The molecule has 2 aromatic rings. The van der Waals surface area contributed by atoms with Gasteiger partial charge in [-0.2, -0.15) is 5.10 Å². The summed E-state index contributed by atoms with van der Waals surface area (Å²) in [5.74, 6) is -0.343. The average molecular weight is 412 g/mol. The predicted octanol–water partition coefficient (Wildman–Crippen LogP) is 1.93. The molecule has 1 saturated heterocycles. The Hall–Kier alpha value is -2.74. The fourth-order valence-corrected chi connectivity index (χ4v) is 4.14. The monoisotopic (exact) mass is 411 g/mol. The van der Waals surface area contributed by atoms with Gasteiger partial charge in [-0.1, -0.05) is 18.9 Å². The first-order valence-corrected chi connectivity index (χ1v) is 10.8. The second kappa shape index (κ2) is 9.38. The normalized spacial score (nSPS) is 19.5. The van der Waals surface area contributed by atoms with Gasteiger partial charge in [0.1, 0.15) is 0 Å². The summed E-state index contributed by atoms with van der Waals surface area (Å²) in [6, 6.07) is 3.83. The lowest BCUT2D eigenvalue weighted by molar-refractivity contribution is -0.137. The molecule has 2 amide bonds. The maximum Gasteiger partial charge on any atom is 0.274 e. The zero-order chi connectivity index (χ0) is 20.9. The molecule has 1 aliphatic heterocycles. The van der Waals surface area contributed by atoms with E-state index >= 15 is 0 Å². The number of hydrogen-bond donors (Lipinski definition) is 2. The number of aryl methyl sites for hydroxylation is 2. The van der Waals surface area contributed by atoms with Crippen molar-refractivity contribution < 1.29 is 14.3 Å². The molecule has 160 valence electrons. The quantitative estimate of drug-likeness (QED) is 0.801. The van der Waals surface area contributed by atoms with Crippen molar-refractivity contribution in [3.05, 3.63) is 46.5 Å². The number of pyridine rings is 1. The Morgan fingerprint density at radius 1 is 1.27 bits per heavy atom. The van der Waals surface area contributed by atoms with Gasteiger partial charge in [-0.3, -0.25) is 19.7 Å². The van der Waals surface area contributed by atoms with Crippen molar-refractivity contribution in [1.82, 2.24) is 25.4 Å². The summed E-state index contributed by atoms with van der Waals surface area (Å²) < 4.78 is 5.65. The van der Waals surface area contributed by atoms with Gasteiger partial charge in [-0.25, -0.2) is 0 Å². The number of morpholine rings is 1. The van der Waals surface area contributed by atoms with Crippen LogP contribution >= 0.6 is 0 Å². The maximum atomic E-state index is 13.2. The summed E-state index contributed by atoms with van der Waals surface area (Å²) in [5.41, 5.74) is 4.50. The van der Waals surface area contributed by atoms with E-state index in [1.165, 1.54) is 12.8 Å². The Kier molecular flexibility index (Phi) is 6.42. The fraction of sp³-hybridized carbons (Fsp3) is 0.545. The first-order valence-electron chi connectivity index (χ1n) is 10.8. The molecular formula is C22H29N5O3. The van der Waals surface area contributed by atoms with Crippen LogP contribution < -0.4 is 5.32 Å². The van der Waals surface area contributed by atoms with Crippen LogP contribution in [0.25, 0.3) is 0 Å². The number of H-pyrrole nitrogens is 1. The van der Waals surface area contributed by atoms with Crippen molar-refractivity contribution in [3.8, 4) is 0 Å². The third kappa shape index (κ3) is 4.53. The van der Waals surface area contributed by atoms with Crippen LogP contribution in [0.4, 0.5) is 0 Å². The number of rotatable bonds is 4.